The van der Waals surface area contributed by atoms with Crippen molar-refractivity contribution < 1.29 is 9.53 Å². The maximum atomic E-state index is 12.1. The van der Waals surface area contributed by atoms with Gasteiger partial charge in [0.2, 0.25) is 0 Å². The third-order valence-electron chi connectivity index (χ3n) is 3.81. The van der Waals surface area contributed by atoms with E-state index in [4.69, 9.17) is 4.74 Å². The number of benzene rings is 1. The van der Waals surface area contributed by atoms with E-state index in [0.717, 1.165) is 25.7 Å². The zero-order chi connectivity index (χ0) is 13.2. The minimum Gasteiger partial charge on any atom is -0.456 e. The third kappa shape index (κ3) is 2.92. The van der Waals surface area contributed by atoms with Crippen LogP contribution in [-0.4, -0.2) is 11.6 Å². The first-order valence-corrected chi connectivity index (χ1v) is 6.83. The second kappa shape index (κ2) is 5.13. The van der Waals surface area contributed by atoms with Crippen LogP contribution in [0, 0.1) is 0 Å². The topological polar surface area (TPSA) is 26.3 Å². The van der Waals surface area contributed by atoms with Gasteiger partial charge in [-0.15, -0.1) is 0 Å². The monoisotopic (exact) mass is 246 g/mol. The van der Waals surface area contributed by atoms with E-state index in [0.29, 0.717) is 11.5 Å². The summed E-state index contributed by atoms with van der Waals surface area (Å²) in [4.78, 5) is 12.1. The Balaban J connectivity index is 2.04. The second-order valence-corrected chi connectivity index (χ2v) is 5.82. The number of rotatable bonds is 3. The Morgan fingerprint density at radius 2 is 1.72 bits per heavy atom. The van der Waals surface area contributed by atoms with Crippen molar-refractivity contribution in [1.29, 1.82) is 0 Å². The van der Waals surface area contributed by atoms with Gasteiger partial charge < -0.3 is 4.74 Å². The normalized spacial score (nSPS) is 18.0. The van der Waals surface area contributed by atoms with Gasteiger partial charge in [-0.1, -0.05) is 26.0 Å². The number of ether oxygens (including phenoxy) is 1. The van der Waals surface area contributed by atoms with Crippen LogP contribution in [0.25, 0.3) is 0 Å². The molecule has 2 rings (SSSR count). The smallest absolute Gasteiger partial charge is 0.338 e. The molecular weight excluding hydrogens is 224 g/mol. The lowest BCUT2D eigenvalue weighted by molar-refractivity contribution is -0.00608. The number of hydrogen-bond donors (Lipinski definition) is 0. The van der Waals surface area contributed by atoms with Gasteiger partial charge in [0.05, 0.1) is 5.56 Å². The van der Waals surface area contributed by atoms with Crippen LogP contribution in [0.1, 0.15) is 68.3 Å². The Morgan fingerprint density at radius 1 is 1.17 bits per heavy atom. The van der Waals surface area contributed by atoms with E-state index in [9.17, 15) is 4.79 Å². The molecule has 1 aliphatic carbocycles. The quantitative estimate of drug-likeness (QED) is 0.743. The standard InChI is InChI=1S/C16H22O2/c1-12(2)13-6-8-14(9-7-13)15(17)18-16(3)10-4-5-11-16/h6-9,12H,4-5,10-11H2,1-3H3. The fourth-order valence-corrected chi connectivity index (χ4v) is 2.51. The molecule has 0 saturated heterocycles. The van der Waals surface area contributed by atoms with Crippen LogP contribution in [0.4, 0.5) is 0 Å². The minimum absolute atomic E-state index is 0.185. The molecule has 1 aliphatic rings. The average molecular weight is 246 g/mol. The van der Waals surface area contributed by atoms with E-state index in [2.05, 4.69) is 13.8 Å². The summed E-state index contributed by atoms with van der Waals surface area (Å²) in [5.41, 5.74) is 1.67. The van der Waals surface area contributed by atoms with Crippen molar-refractivity contribution in [2.24, 2.45) is 0 Å². The van der Waals surface area contributed by atoms with Crippen LogP contribution in [0.15, 0.2) is 24.3 Å². The molecule has 1 aromatic carbocycles. The number of carbonyl (C=O) groups excluding carboxylic acids is 1. The van der Waals surface area contributed by atoms with Crippen molar-refractivity contribution in [1.82, 2.24) is 0 Å². The highest BCUT2D eigenvalue weighted by atomic mass is 16.6. The lowest BCUT2D eigenvalue weighted by Gasteiger charge is -2.24. The van der Waals surface area contributed by atoms with Crippen LogP contribution < -0.4 is 0 Å². The lowest BCUT2D eigenvalue weighted by Crippen LogP contribution is -2.28. The van der Waals surface area contributed by atoms with E-state index in [1.54, 1.807) is 0 Å². The molecule has 0 heterocycles. The molecule has 1 fully saturated rings. The van der Waals surface area contributed by atoms with Gasteiger partial charge in [-0.25, -0.2) is 4.79 Å². The Morgan fingerprint density at radius 3 is 2.22 bits per heavy atom. The molecule has 2 heteroatoms. The fourth-order valence-electron chi connectivity index (χ4n) is 2.51. The van der Waals surface area contributed by atoms with Gasteiger partial charge in [-0.3, -0.25) is 0 Å². The zero-order valence-corrected chi connectivity index (χ0v) is 11.5. The van der Waals surface area contributed by atoms with E-state index >= 15 is 0 Å². The summed E-state index contributed by atoms with van der Waals surface area (Å²) >= 11 is 0. The van der Waals surface area contributed by atoms with Crippen LogP contribution in [-0.2, 0) is 4.74 Å². The van der Waals surface area contributed by atoms with Crippen molar-refractivity contribution in [3.63, 3.8) is 0 Å². The van der Waals surface area contributed by atoms with Gasteiger partial charge in [-0.05, 0) is 56.2 Å². The van der Waals surface area contributed by atoms with Gasteiger partial charge in [-0.2, -0.15) is 0 Å². The van der Waals surface area contributed by atoms with Gasteiger partial charge in [0.25, 0.3) is 0 Å². The first-order chi connectivity index (χ1) is 8.50. The maximum Gasteiger partial charge on any atom is 0.338 e. The summed E-state index contributed by atoms with van der Waals surface area (Å²) in [6, 6.07) is 7.77. The summed E-state index contributed by atoms with van der Waals surface area (Å²) < 4.78 is 5.65. The lowest BCUT2D eigenvalue weighted by atomic mass is 10.0. The molecule has 0 aromatic heterocycles. The number of hydrogen-bond acceptors (Lipinski definition) is 2. The summed E-state index contributed by atoms with van der Waals surface area (Å²) in [5, 5.41) is 0. The summed E-state index contributed by atoms with van der Waals surface area (Å²) in [5.74, 6) is 0.303. The molecule has 0 spiro atoms. The van der Waals surface area contributed by atoms with Crippen molar-refractivity contribution in [2.45, 2.75) is 58.0 Å². The molecule has 0 amide bonds. The van der Waals surface area contributed by atoms with Gasteiger partial charge in [0, 0.05) is 0 Å². The Bertz CT molecular complexity index is 411. The summed E-state index contributed by atoms with van der Waals surface area (Å²) in [7, 11) is 0. The predicted octanol–water partition coefficient (Wildman–Crippen LogP) is 4.30. The zero-order valence-electron chi connectivity index (χ0n) is 11.5. The average Bonchev–Trinajstić information content (AvgIpc) is 2.76. The van der Waals surface area contributed by atoms with Gasteiger partial charge in [0.1, 0.15) is 5.60 Å². The van der Waals surface area contributed by atoms with Crippen molar-refractivity contribution >= 4 is 5.97 Å². The molecule has 18 heavy (non-hydrogen) atoms. The molecule has 0 radical (unpaired) electrons. The summed E-state index contributed by atoms with van der Waals surface area (Å²) in [6.07, 6.45) is 4.30. The van der Waals surface area contributed by atoms with Crippen LogP contribution in [0.3, 0.4) is 0 Å². The molecule has 1 aromatic rings. The number of carbonyl (C=O) groups is 1. The highest BCUT2D eigenvalue weighted by Gasteiger charge is 2.32. The Hall–Kier alpha value is -1.31. The molecule has 0 atom stereocenters. The van der Waals surface area contributed by atoms with Crippen molar-refractivity contribution in [3.05, 3.63) is 35.4 Å². The van der Waals surface area contributed by atoms with Crippen LogP contribution >= 0.6 is 0 Å². The van der Waals surface area contributed by atoms with Crippen molar-refractivity contribution in [3.8, 4) is 0 Å². The SMILES string of the molecule is CC(C)c1ccc(C(=O)OC2(C)CCCC2)cc1. The van der Waals surface area contributed by atoms with E-state index in [1.807, 2.05) is 31.2 Å². The molecular formula is C16H22O2. The molecule has 0 unspecified atom stereocenters. The maximum absolute atomic E-state index is 12.1. The highest BCUT2D eigenvalue weighted by Crippen LogP contribution is 2.33. The molecule has 0 N–H and O–H groups in total. The van der Waals surface area contributed by atoms with Crippen LogP contribution in [0.2, 0.25) is 0 Å². The molecule has 0 bridgehead atoms. The Kier molecular flexibility index (Phi) is 3.74. The largest absolute Gasteiger partial charge is 0.456 e. The van der Waals surface area contributed by atoms with Gasteiger partial charge >= 0.3 is 5.97 Å². The van der Waals surface area contributed by atoms with Gasteiger partial charge in [0.15, 0.2) is 0 Å². The third-order valence-corrected chi connectivity index (χ3v) is 3.81. The van der Waals surface area contributed by atoms with Crippen molar-refractivity contribution in [2.75, 3.05) is 0 Å². The fraction of sp³-hybridized carbons (Fsp3) is 0.562. The van der Waals surface area contributed by atoms with E-state index in [1.165, 1.54) is 5.56 Å². The predicted molar refractivity (Wildman–Crippen MR) is 72.8 cm³/mol. The van der Waals surface area contributed by atoms with E-state index in [-0.39, 0.29) is 11.6 Å². The van der Waals surface area contributed by atoms with E-state index < -0.39 is 0 Å². The summed E-state index contributed by atoms with van der Waals surface area (Å²) in [6.45, 7) is 6.33. The molecule has 2 nitrogen and oxygen atoms in total. The number of esters is 1. The first kappa shape index (κ1) is 13.1. The molecule has 1 saturated carbocycles. The highest BCUT2D eigenvalue weighted by molar-refractivity contribution is 5.89. The minimum atomic E-state index is -0.242. The Labute approximate surface area is 109 Å². The molecule has 98 valence electrons. The first-order valence-electron chi connectivity index (χ1n) is 6.83. The second-order valence-electron chi connectivity index (χ2n) is 5.82. The molecule has 0 aliphatic heterocycles. The van der Waals surface area contributed by atoms with Crippen LogP contribution in [0.5, 0.6) is 0 Å².